The Morgan fingerprint density at radius 2 is 1.96 bits per heavy atom. The van der Waals surface area contributed by atoms with E-state index in [1.807, 2.05) is 0 Å². The lowest BCUT2D eigenvalue weighted by molar-refractivity contribution is -0.144. The molecule has 132 valence electrons. The van der Waals surface area contributed by atoms with Crippen LogP contribution in [-0.2, 0) is 13.2 Å². The normalized spacial score (nSPS) is 13.4. The lowest BCUT2D eigenvalue weighted by Gasteiger charge is -2.14. The molecule has 0 N–H and O–H groups in total. The van der Waals surface area contributed by atoms with Gasteiger partial charge in [-0.15, -0.1) is 11.6 Å². The van der Waals surface area contributed by atoms with Crippen LogP contribution in [0.2, 0.25) is 0 Å². The lowest BCUT2D eigenvalue weighted by atomic mass is 10.2. The van der Waals surface area contributed by atoms with Crippen molar-refractivity contribution >= 4 is 49.1 Å². The molecule has 0 aliphatic carbocycles. The van der Waals surface area contributed by atoms with Gasteiger partial charge in [-0.25, -0.2) is 9.36 Å². The maximum atomic E-state index is 12.9. The Bertz CT molecular complexity index is 1090. The van der Waals surface area contributed by atoms with Crippen LogP contribution in [0.1, 0.15) is 15.7 Å². The number of benzene rings is 1. The minimum Gasteiger partial charge on any atom is -0.292 e. The van der Waals surface area contributed by atoms with Crippen LogP contribution in [0.4, 0.5) is 13.2 Å². The number of fused-ring (bicyclic) bond motifs is 1. The van der Waals surface area contributed by atoms with Gasteiger partial charge in [0.25, 0.3) is 5.56 Å². The van der Waals surface area contributed by atoms with Gasteiger partial charge in [0.1, 0.15) is 9.98 Å². The smallest absolute Gasteiger partial charge is 0.292 e. The molecule has 0 fully saturated rings. The number of aromatic nitrogens is 3. The van der Waals surface area contributed by atoms with Gasteiger partial charge in [0.15, 0.2) is 0 Å². The maximum absolute atomic E-state index is 12.9. The molecule has 1 atom stereocenters. The van der Waals surface area contributed by atoms with Crippen molar-refractivity contribution in [3.05, 3.63) is 56.5 Å². The predicted octanol–water partition coefficient (Wildman–Crippen LogP) is 3.80. The Balaban J connectivity index is 2.29. The van der Waals surface area contributed by atoms with Crippen molar-refractivity contribution in [2.75, 3.05) is 0 Å². The summed E-state index contributed by atoms with van der Waals surface area (Å²) in [7, 11) is 0.963. The van der Waals surface area contributed by atoms with E-state index in [2.05, 4.69) is 20.3 Å². The van der Waals surface area contributed by atoms with Gasteiger partial charge in [-0.2, -0.15) is 17.5 Å². The number of halogens is 5. The van der Waals surface area contributed by atoms with Crippen LogP contribution in [-0.4, -0.2) is 13.5 Å². The van der Waals surface area contributed by atoms with Crippen molar-refractivity contribution in [2.45, 2.75) is 10.5 Å². The molecule has 0 aliphatic heterocycles. The summed E-state index contributed by atoms with van der Waals surface area (Å²) in [4.78, 5) is 24.5. The van der Waals surface area contributed by atoms with Gasteiger partial charge in [0.05, 0.1) is 16.1 Å². The van der Waals surface area contributed by atoms with E-state index in [9.17, 15) is 22.8 Å². The van der Waals surface area contributed by atoms with Crippen LogP contribution in [0.5, 0.6) is 0 Å². The van der Waals surface area contributed by atoms with E-state index in [0.717, 1.165) is 11.7 Å². The van der Waals surface area contributed by atoms with Crippen molar-refractivity contribution in [3.63, 3.8) is 0 Å². The zero-order chi connectivity index (χ0) is 18.5. The molecule has 3 aromatic rings. The van der Waals surface area contributed by atoms with E-state index in [4.69, 9.17) is 11.6 Å². The van der Waals surface area contributed by atoms with Crippen LogP contribution in [0.25, 0.3) is 15.8 Å². The minimum atomic E-state index is -4.80. The van der Waals surface area contributed by atoms with E-state index in [-0.39, 0.29) is 5.69 Å². The van der Waals surface area contributed by atoms with Crippen molar-refractivity contribution in [2.24, 2.45) is 7.05 Å². The van der Waals surface area contributed by atoms with Crippen molar-refractivity contribution < 1.29 is 13.2 Å². The standard InChI is InChI=1S/C14H8BrClF3N3O2S/c1-21-9(14(17,18)19)5-10(23)22(13(21)24)6-2-3-8-7(4-6)11(12(15)16)20-25-8/h2-5,12H,1H3. The molecule has 1 unspecified atom stereocenters. The molecule has 0 bridgehead atoms. The average molecular weight is 455 g/mol. The Hall–Kier alpha value is -1.65. The van der Waals surface area contributed by atoms with Crippen LogP contribution in [0, 0.1) is 0 Å². The number of alkyl halides is 5. The Labute approximate surface area is 155 Å². The molecule has 1 aromatic carbocycles. The van der Waals surface area contributed by atoms with Crippen LogP contribution in [0.15, 0.2) is 33.9 Å². The zero-order valence-electron chi connectivity index (χ0n) is 12.3. The summed E-state index contributed by atoms with van der Waals surface area (Å²) in [6.45, 7) is 0. The number of hydrogen-bond acceptors (Lipinski definition) is 4. The van der Waals surface area contributed by atoms with Crippen LogP contribution >= 0.6 is 39.1 Å². The molecule has 2 aromatic heterocycles. The van der Waals surface area contributed by atoms with E-state index < -0.39 is 27.4 Å². The highest BCUT2D eigenvalue weighted by atomic mass is 79.9. The van der Waals surface area contributed by atoms with Gasteiger partial charge in [-0.1, -0.05) is 15.9 Å². The molecule has 11 heteroatoms. The van der Waals surface area contributed by atoms with E-state index >= 15 is 0 Å². The molecule has 2 heterocycles. The fourth-order valence-corrected chi connectivity index (χ4v) is 3.88. The maximum Gasteiger partial charge on any atom is 0.431 e. The topological polar surface area (TPSA) is 56.9 Å². The van der Waals surface area contributed by atoms with Crippen LogP contribution < -0.4 is 11.2 Å². The largest absolute Gasteiger partial charge is 0.431 e. The van der Waals surface area contributed by atoms with Crippen molar-refractivity contribution in [1.82, 2.24) is 13.5 Å². The van der Waals surface area contributed by atoms with Crippen LogP contribution in [0.3, 0.4) is 0 Å². The fraction of sp³-hybridized carbons (Fsp3) is 0.214. The summed E-state index contributed by atoms with van der Waals surface area (Å²) in [5, 5.41) is 0.605. The first-order valence-corrected chi connectivity index (χ1v) is 8.82. The zero-order valence-corrected chi connectivity index (χ0v) is 15.5. The quantitative estimate of drug-likeness (QED) is 0.554. The Morgan fingerprint density at radius 1 is 1.28 bits per heavy atom. The summed E-state index contributed by atoms with van der Waals surface area (Å²) >= 11 is 10.3. The second-order valence-corrected chi connectivity index (χ2v) is 7.78. The monoisotopic (exact) mass is 453 g/mol. The molecular weight excluding hydrogens is 447 g/mol. The molecule has 25 heavy (non-hydrogen) atoms. The fourth-order valence-electron chi connectivity index (χ4n) is 2.38. The summed E-state index contributed by atoms with van der Waals surface area (Å²) in [6, 6.07) is 4.99. The summed E-state index contributed by atoms with van der Waals surface area (Å²) in [6.07, 6.45) is -4.80. The molecule has 0 amide bonds. The van der Waals surface area contributed by atoms with Crippen molar-refractivity contribution in [3.8, 4) is 5.69 Å². The van der Waals surface area contributed by atoms with E-state index in [1.165, 1.54) is 23.7 Å². The second kappa shape index (κ2) is 6.26. The average Bonchev–Trinajstić information content (AvgIpc) is 2.93. The van der Waals surface area contributed by atoms with Gasteiger partial charge in [0, 0.05) is 18.5 Å². The summed E-state index contributed by atoms with van der Waals surface area (Å²) < 4.78 is 44.2. The van der Waals surface area contributed by atoms with Gasteiger partial charge in [-0.05, 0) is 29.7 Å². The Kier molecular flexibility index (Phi) is 4.54. The molecule has 0 saturated heterocycles. The first kappa shape index (κ1) is 18.2. The molecule has 0 radical (unpaired) electrons. The molecule has 3 rings (SSSR count). The van der Waals surface area contributed by atoms with Gasteiger partial charge >= 0.3 is 11.9 Å². The first-order valence-electron chi connectivity index (χ1n) is 6.69. The Morgan fingerprint density at radius 3 is 2.56 bits per heavy atom. The summed E-state index contributed by atoms with van der Waals surface area (Å²) in [5.41, 5.74) is -2.83. The minimum absolute atomic E-state index is 0.137. The third-order valence-corrected chi connectivity index (χ3v) is 5.04. The highest BCUT2D eigenvalue weighted by Crippen LogP contribution is 2.35. The number of hydrogen-bond donors (Lipinski definition) is 0. The molecular formula is C14H8BrClF3N3O2S. The van der Waals surface area contributed by atoms with Crippen molar-refractivity contribution in [1.29, 1.82) is 0 Å². The molecule has 0 spiro atoms. The predicted molar refractivity (Wildman–Crippen MR) is 93.0 cm³/mol. The molecule has 5 nitrogen and oxygen atoms in total. The number of nitrogens with zero attached hydrogens (tertiary/aromatic N) is 3. The van der Waals surface area contributed by atoms with E-state index in [0.29, 0.717) is 26.3 Å². The van der Waals surface area contributed by atoms with Gasteiger partial charge in [-0.3, -0.25) is 9.36 Å². The van der Waals surface area contributed by atoms with Gasteiger partial charge in [0.2, 0.25) is 0 Å². The highest BCUT2D eigenvalue weighted by molar-refractivity contribution is 9.09. The first-order chi connectivity index (χ1) is 11.6. The SMILES string of the molecule is Cn1c(C(F)(F)F)cc(=O)n(-c2ccc3snc(C(Cl)Br)c3c2)c1=O. The summed E-state index contributed by atoms with van der Waals surface area (Å²) in [5.74, 6) is 0. The lowest BCUT2D eigenvalue weighted by Crippen LogP contribution is -2.40. The second-order valence-electron chi connectivity index (χ2n) is 5.09. The number of rotatable bonds is 2. The third kappa shape index (κ3) is 3.13. The third-order valence-electron chi connectivity index (χ3n) is 3.56. The van der Waals surface area contributed by atoms with Gasteiger partial charge < -0.3 is 0 Å². The highest BCUT2D eigenvalue weighted by Gasteiger charge is 2.35. The molecule has 0 saturated carbocycles. The van der Waals surface area contributed by atoms with E-state index in [1.54, 1.807) is 6.07 Å². The molecule has 0 aliphatic rings.